The van der Waals surface area contributed by atoms with E-state index >= 15 is 0 Å². The van der Waals surface area contributed by atoms with E-state index in [4.69, 9.17) is 4.74 Å². The van der Waals surface area contributed by atoms with Crippen molar-refractivity contribution in [2.24, 2.45) is 5.41 Å². The minimum absolute atomic E-state index is 0.0810. The molecule has 1 saturated carbocycles. The topological polar surface area (TPSA) is 43.4 Å². The van der Waals surface area contributed by atoms with E-state index in [9.17, 15) is 9.59 Å². The lowest BCUT2D eigenvalue weighted by atomic mass is 9.67. The number of ketones is 1. The number of benzene rings is 2. The highest BCUT2D eigenvalue weighted by molar-refractivity contribution is 9.10. The maximum Gasteiger partial charge on any atom is 0.318 e. The van der Waals surface area contributed by atoms with Gasteiger partial charge in [-0.3, -0.25) is 9.59 Å². The predicted octanol–water partition coefficient (Wildman–Crippen LogP) is 5.29. The van der Waals surface area contributed by atoms with Gasteiger partial charge >= 0.3 is 5.97 Å². The standard InChI is InChI=1S/C21H19BrO3/c22-15-8-9-19-16(12-15)17(13-18(23)14-6-2-1-3-7-14)21(20(24)25-19)10-4-5-11-21/h1-3,6-9,12,17H,4-5,10-11,13H2. The molecule has 1 unspecified atom stereocenters. The van der Waals surface area contributed by atoms with Crippen LogP contribution in [-0.4, -0.2) is 11.8 Å². The quantitative estimate of drug-likeness (QED) is 0.401. The first-order chi connectivity index (χ1) is 12.1. The third-order valence-corrected chi connectivity index (χ3v) is 6.10. The first-order valence-electron chi connectivity index (χ1n) is 8.70. The lowest BCUT2D eigenvalue weighted by molar-refractivity contribution is -0.149. The van der Waals surface area contributed by atoms with Gasteiger partial charge in [-0.1, -0.05) is 59.1 Å². The van der Waals surface area contributed by atoms with E-state index in [1.165, 1.54) is 0 Å². The first kappa shape index (κ1) is 16.5. The molecule has 2 aliphatic rings. The molecule has 1 heterocycles. The molecule has 4 rings (SSSR count). The van der Waals surface area contributed by atoms with Gasteiger partial charge in [0, 0.05) is 27.9 Å². The van der Waals surface area contributed by atoms with Crippen molar-refractivity contribution in [1.29, 1.82) is 0 Å². The predicted molar refractivity (Wildman–Crippen MR) is 98.8 cm³/mol. The van der Waals surface area contributed by atoms with Crippen LogP contribution >= 0.6 is 15.9 Å². The fourth-order valence-corrected chi connectivity index (χ4v) is 4.70. The number of hydrogen-bond acceptors (Lipinski definition) is 3. The molecule has 0 radical (unpaired) electrons. The smallest absolute Gasteiger partial charge is 0.318 e. The Kier molecular flexibility index (Phi) is 4.24. The molecule has 0 amide bonds. The zero-order valence-corrected chi connectivity index (χ0v) is 15.4. The fourth-order valence-electron chi connectivity index (χ4n) is 4.32. The molecule has 25 heavy (non-hydrogen) atoms. The van der Waals surface area contributed by atoms with Crippen molar-refractivity contribution in [3.63, 3.8) is 0 Å². The summed E-state index contributed by atoms with van der Waals surface area (Å²) in [6.07, 6.45) is 3.94. The van der Waals surface area contributed by atoms with Crippen LogP contribution in [0.25, 0.3) is 0 Å². The third-order valence-electron chi connectivity index (χ3n) is 5.60. The van der Waals surface area contributed by atoms with Crippen LogP contribution < -0.4 is 4.74 Å². The zero-order valence-electron chi connectivity index (χ0n) is 13.8. The Hall–Kier alpha value is -1.94. The second-order valence-electron chi connectivity index (χ2n) is 6.98. The Morgan fingerprint density at radius 1 is 1.12 bits per heavy atom. The summed E-state index contributed by atoms with van der Waals surface area (Å²) in [7, 11) is 0. The summed E-state index contributed by atoms with van der Waals surface area (Å²) in [6, 6.07) is 15.0. The monoisotopic (exact) mass is 398 g/mol. The third kappa shape index (κ3) is 2.82. The number of ether oxygens (including phenoxy) is 1. The largest absolute Gasteiger partial charge is 0.426 e. The minimum Gasteiger partial charge on any atom is -0.426 e. The van der Waals surface area contributed by atoms with Crippen molar-refractivity contribution in [1.82, 2.24) is 0 Å². The van der Waals surface area contributed by atoms with Gasteiger partial charge in [0.2, 0.25) is 0 Å². The van der Waals surface area contributed by atoms with Crippen molar-refractivity contribution < 1.29 is 14.3 Å². The molecule has 1 aliphatic carbocycles. The number of Topliss-reactive ketones (excluding diaryl/α,β-unsaturated/α-hetero) is 1. The van der Waals surface area contributed by atoms with Gasteiger partial charge in [0.25, 0.3) is 0 Å². The normalized spacial score (nSPS) is 21.0. The number of hydrogen-bond donors (Lipinski definition) is 0. The van der Waals surface area contributed by atoms with Crippen LogP contribution in [0.1, 0.15) is 53.9 Å². The van der Waals surface area contributed by atoms with Crippen LogP contribution in [0.4, 0.5) is 0 Å². The van der Waals surface area contributed by atoms with Gasteiger partial charge in [-0.2, -0.15) is 0 Å². The first-order valence-corrected chi connectivity index (χ1v) is 9.49. The van der Waals surface area contributed by atoms with E-state index in [1.807, 2.05) is 48.5 Å². The van der Waals surface area contributed by atoms with Gasteiger partial charge in [-0.25, -0.2) is 0 Å². The van der Waals surface area contributed by atoms with Gasteiger partial charge < -0.3 is 4.74 Å². The highest BCUT2D eigenvalue weighted by Gasteiger charge is 2.53. The molecule has 0 saturated heterocycles. The van der Waals surface area contributed by atoms with Crippen molar-refractivity contribution in [3.8, 4) is 5.75 Å². The highest BCUT2D eigenvalue weighted by Crippen LogP contribution is 2.56. The Morgan fingerprint density at radius 3 is 2.56 bits per heavy atom. The molecule has 2 aromatic carbocycles. The molecule has 128 valence electrons. The summed E-state index contributed by atoms with van der Waals surface area (Å²) < 4.78 is 6.61. The van der Waals surface area contributed by atoms with Gasteiger partial charge in [0.15, 0.2) is 5.78 Å². The SMILES string of the molecule is O=C(CC1c2cc(Br)ccc2OC(=O)C12CCCC2)c1ccccc1. The zero-order chi connectivity index (χ0) is 17.4. The molecule has 3 nitrogen and oxygen atoms in total. The highest BCUT2D eigenvalue weighted by atomic mass is 79.9. The van der Waals surface area contributed by atoms with Crippen LogP contribution in [0.3, 0.4) is 0 Å². The summed E-state index contributed by atoms with van der Waals surface area (Å²) in [4.78, 5) is 25.7. The maximum atomic E-state index is 12.9. The second-order valence-corrected chi connectivity index (χ2v) is 7.90. The number of fused-ring (bicyclic) bond motifs is 1. The Labute approximate surface area is 155 Å². The molecule has 0 bridgehead atoms. The molecule has 0 N–H and O–H groups in total. The number of carbonyl (C=O) groups excluding carboxylic acids is 2. The summed E-state index contributed by atoms with van der Waals surface area (Å²) in [5, 5.41) is 0. The fraction of sp³-hybridized carbons (Fsp3) is 0.333. The van der Waals surface area contributed by atoms with Gasteiger partial charge in [0.05, 0.1) is 5.41 Å². The van der Waals surface area contributed by atoms with Crippen LogP contribution in [0.5, 0.6) is 5.75 Å². The maximum absolute atomic E-state index is 12.9. The van der Waals surface area contributed by atoms with Crippen LogP contribution in [0, 0.1) is 5.41 Å². The number of esters is 1. The molecule has 2 aromatic rings. The summed E-state index contributed by atoms with van der Waals surface area (Å²) in [5.74, 6) is 0.385. The number of carbonyl (C=O) groups is 2. The van der Waals surface area contributed by atoms with Crippen LogP contribution in [0.15, 0.2) is 53.0 Å². The molecule has 1 spiro atoms. The van der Waals surface area contributed by atoms with Gasteiger partial charge in [0.1, 0.15) is 5.75 Å². The van der Waals surface area contributed by atoms with E-state index < -0.39 is 5.41 Å². The Balaban J connectivity index is 1.77. The summed E-state index contributed by atoms with van der Waals surface area (Å²) >= 11 is 3.52. The van der Waals surface area contributed by atoms with E-state index in [2.05, 4.69) is 15.9 Å². The van der Waals surface area contributed by atoms with E-state index in [0.717, 1.165) is 35.7 Å². The lowest BCUT2D eigenvalue weighted by Crippen LogP contribution is -2.42. The average molecular weight is 399 g/mol. The van der Waals surface area contributed by atoms with E-state index in [1.54, 1.807) is 0 Å². The van der Waals surface area contributed by atoms with Crippen molar-refractivity contribution in [2.75, 3.05) is 0 Å². The van der Waals surface area contributed by atoms with Crippen LogP contribution in [-0.2, 0) is 4.79 Å². The molecule has 1 atom stereocenters. The van der Waals surface area contributed by atoms with Crippen molar-refractivity contribution >= 4 is 27.7 Å². The molecular weight excluding hydrogens is 380 g/mol. The molecule has 1 fully saturated rings. The number of rotatable bonds is 3. The Morgan fingerprint density at radius 2 is 1.84 bits per heavy atom. The van der Waals surface area contributed by atoms with Crippen molar-refractivity contribution in [2.45, 2.75) is 38.0 Å². The minimum atomic E-state index is -0.557. The van der Waals surface area contributed by atoms with Gasteiger partial charge in [-0.05, 0) is 31.0 Å². The van der Waals surface area contributed by atoms with Crippen LogP contribution in [0.2, 0.25) is 0 Å². The molecule has 0 aromatic heterocycles. The van der Waals surface area contributed by atoms with E-state index in [0.29, 0.717) is 17.7 Å². The summed E-state index contributed by atoms with van der Waals surface area (Å²) in [6.45, 7) is 0. The summed E-state index contributed by atoms with van der Waals surface area (Å²) in [5.41, 5.74) is 1.12. The molecule has 4 heteroatoms. The number of halogens is 1. The molecule has 1 aliphatic heterocycles. The van der Waals surface area contributed by atoms with Gasteiger partial charge in [-0.15, -0.1) is 0 Å². The van der Waals surface area contributed by atoms with E-state index in [-0.39, 0.29) is 17.7 Å². The second kappa shape index (κ2) is 6.41. The van der Waals surface area contributed by atoms with Crippen molar-refractivity contribution in [3.05, 3.63) is 64.1 Å². The molecular formula is C21H19BrO3. The Bertz CT molecular complexity index is 822. The average Bonchev–Trinajstić information content (AvgIpc) is 3.11. The lowest BCUT2D eigenvalue weighted by Gasteiger charge is -2.40.